The van der Waals surface area contributed by atoms with Gasteiger partial charge in [-0.3, -0.25) is 4.90 Å². The van der Waals surface area contributed by atoms with Crippen LogP contribution in [0.1, 0.15) is 16.7 Å². The average Bonchev–Trinajstić information content (AvgIpc) is 2.86. The highest BCUT2D eigenvalue weighted by Crippen LogP contribution is 2.37. The molecule has 16 heteroatoms. The SMILES string of the molecule is O=C(NCCN(C(=O)Nc1ccccc1F)c1cccc(C(F)(F)F)c1)Nc1cc(C(F)(F)F)cc(C(F)(F)F)c1. The lowest BCUT2D eigenvalue weighted by molar-refractivity contribution is -0.143. The molecule has 0 radical (unpaired) electrons. The van der Waals surface area contributed by atoms with Crippen molar-refractivity contribution in [2.24, 2.45) is 0 Å². The largest absolute Gasteiger partial charge is 0.416 e. The van der Waals surface area contributed by atoms with Crippen LogP contribution in [0.15, 0.2) is 66.7 Å². The lowest BCUT2D eigenvalue weighted by atomic mass is 10.1. The van der Waals surface area contributed by atoms with Gasteiger partial charge in [0.25, 0.3) is 0 Å². The van der Waals surface area contributed by atoms with E-state index < -0.39 is 71.9 Å². The number of hydrogen-bond donors (Lipinski definition) is 3. The molecule has 0 bridgehead atoms. The van der Waals surface area contributed by atoms with Gasteiger partial charge in [-0.25, -0.2) is 14.0 Å². The summed E-state index contributed by atoms with van der Waals surface area (Å²) in [6.07, 6.45) is -15.1. The van der Waals surface area contributed by atoms with Gasteiger partial charge in [-0.05, 0) is 48.5 Å². The predicted molar refractivity (Wildman–Crippen MR) is 128 cm³/mol. The van der Waals surface area contributed by atoms with Crippen LogP contribution in [0, 0.1) is 5.82 Å². The third-order valence-corrected chi connectivity index (χ3v) is 5.31. The maximum atomic E-state index is 14.0. The van der Waals surface area contributed by atoms with Gasteiger partial charge in [-0.2, -0.15) is 39.5 Å². The number of nitrogens with zero attached hydrogens (tertiary/aromatic N) is 1. The van der Waals surface area contributed by atoms with Gasteiger partial charge in [0.05, 0.1) is 22.4 Å². The van der Waals surface area contributed by atoms with E-state index in [9.17, 15) is 53.5 Å². The molecule has 3 aromatic rings. The van der Waals surface area contributed by atoms with Crippen molar-refractivity contribution in [1.29, 1.82) is 0 Å². The van der Waals surface area contributed by atoms with Gasteiger partial charge >= 0.3 is 30.6 Å². The second-order valence-electron chi connectivity index (χ2n) is 8.29. The van der Waals surface area contributed by atoms with E-state index in [-0.39, 0.29) is 29.6 Å². The summed E-state index contributed by atoms with van der Waals surface area (Å²) in [5.74, 6) is -0.860. The van der Waals surface area contributed by atoms with E-state index >= 15 is 0 Å². The molecule has 4 amide bonds. The first-order valence-corrected chi connectivity index (χ1v) is 11.3. The van der Waals surface area contributed by atoms with Crippen LogP contribution in [0.2, 0.25) is 0 Å². The Labute approximate surface area is 224 Å². The highest BCUT2D eigenvalue weighted by atomic mass is 19.4. The van der Waals surface area contributed by atoms with Gasteiger partial charge < -0.3 is 16.0 Å². The van der Waals surface area contributed by atoms with Crippen LogP contribution in [0.3, 0.4) is 0 Å². The lowest BCUT2D eigenvalue weighted by Crippen LogP contribution is -2.42. The molecule has 0 aromatic heterocycles. The number of para-hydroxylation sites is 1. The number of hydrogen-bond acceptors (Lipinski definition) is 2. The van der Waals surface area contributed by atoms with Crippen LogP contribution in [0.4, 0.5) is 70.6 Å². The monoisotopic (exact) mass is 596 g/mol. The molecule has 3 rings (SSSR count). The van der Waals surface area contributed by atoms with Crippen LogP contribution in [-0.2, 0) is 18.5 Å². The molecule has 3 N–H and O–H groups in total. The maximum Gasteiger partial charge on any atom is 0.416 e. The standard InChI is InChI=1S/C25H18F10N4O2/c26-19-6-1-2-7-20(19)38-22(41)39(18-5-3-4-14(13-18)23(27,28)29)9-8-36-21(40)37-17-11-15(24(30,31)32)10-16(12-17)25(33,34)35/h1-7,10-13H,8-9H2,(H,38,41)(H2,36,37,40). The number of amides is 4. The Morgan fingerprint density at radius 3 is 1.83 bits per heavy atom. The number of rotatable bonds is 6. The van der Waals surface area contributed by atoms with E-state index in [1.807, 2.05) is 5.32 Å². The third kappa shape index (κ3) is 8.49. The molecule has 3 aromatic carbocycles. The zero-order valence-electron chi connectivity index (χ0n) is 20.3. The molecule has 0 spiro atoms. The highest BCUT2D eigenvalue weighted by molar-refractivity contribution is 6.02. The minimum absolute atomic E-state index is 0.135. The molecule has 220 valence electrons. The molecular weight excluding hydrogens is 578 g/mol. The summed E-state index contributed by atoms with van der Waals surface area (Å²) in [6, 6.07) is 6.35. The van der Waals surface area contributed by atoms with Gasteiger partial charge in [0.15, 0.2) is 0 Å². The molecule has 0 unspecified atom stereocenters. The first-order chi connectivity index (χ1) is 18.9. The van der Waals surface area contributed by atoms with Gasteiger partial charge in [0.2, 0.25) is 0 Å². The Morgan fingerprint density at radius 1 is 0.683 bits per heavy atom. The molecule has 0 fully saturated rings. The van der Waals surface area contributed by atoms with Crippen LogP contribution in [0.25, 0.3) is 0 Å². The Hall–Kier alpha value is -4.50. The van der Waals surface area contributed by atoms with E-state index in [2.05, 4.69) is 10.6 Å². The molecule has 0 aliphatic rings. The number of alkyl halides is 9. The molecule has 0 saturated carbocycles. The van der Waals surface area contributed by atoms with Crippen molar-refractivity contribution < 1.29 is 53.5 Å². The van der Waals surface area contributed by atoms with E-state index in [0.29, 0.717) is 11.0 Å². The smallest absolute Gasteiger partial charge is 0.336 e. The van der Waals surface area contributed by atoms with Gasteiger partial charge in [-0.1, -0.05) is 18.2 Å². The van der Waals surface area contributed by atoms with Crippen LogP contribution >= 0.6 is 0 Å². The number of nitrogens with one attached hydrogen (secondary N) is 3. The van der Waals surface area contributed by atoms with Crippen molar-refractivity contribution in [2.75, 3.05) is 28.6 Å². The second-order valence-corrected chi connectivity index (χ2v) is 8.29. The normalized spacial score (nSPS) is 12.0. The molecule has 0 heterocycles. The Kier molecular flexibility index (Phi) is 9.03. The summed E-state index contributed by atoms with van der Waals surface area (Å²) in [4.78, 5) is 25.8. The molecule has 0 aliphatic carbocycles. The maximum absolute atomic E-state index is 14.0. The number of benzene rings is 3. The van der Waals surface area contributed by atoms with Crippen molar-refractivity contribution in [3.05, 3.63) is 89.2 Å². The number of urea groups is 2. The Bertz CT molecular complexity index is 1370. The zero-order valence-corrected chi connectivity index (χ0v) is 20.3. The van der Waals surface area contributed by atoms with E-state index in [0.717, 1.165) is 24.3 Å². The van der Waals surface area contributed by atoms with E-state index in [1.54, 1.807) is 0 Å². The summed E-state index contributed by atoms with van der Waals surface area (Å²) in [6.45, 7) is -1.09. The summed E-state index contributed by atoms with van der Waals surface area (Å²) in [5.41, 5.74) is -5.97. The van der Waals surface area contributed by atoms with Crippen LogP contribution in [0.5, 0.6) is 0 Å². The molecule has 41 heavy (non-hydrogen) atoms. The molecule has 6 nitrogen and oxygen atoms in total. The number of carbonyl (C=O) groups excluding carboxylic acids is 2. The summed E-state index contributed by atoms with van der Waals surface area (Å²) >= 11 is 0. The summed E-state index contributed by atoms with van der Waals surface area (Å²) in [5, 5.41) is 6.09. The van der Waals surface area contributed by atoms with Crippen LogP contribution in [-0.4, -0.2) is 25.2 Å². The van der Waals surface area contributed by atoms with Gasteiger partial charge in [0, 0.05) is 24.5 Å². The highest BCUT2D eigenvalue weighted by Gasteiger charge is 2.37. The quantitative estimate of drug-likeness (QED) is 0.255. The fraction of sp³-hybridized carbons (Fsp3) is 0.200. The predicted octanol–water partition coefficient (Wildman–Crippen LogP) is 7.74. The Morgan fingerprint density at radius 2 is 1.27 bits per heavy atom. The number of halogens is 10. The first kappa shape index (κ1) is 31.0. The van der Waals surface area contributed by atoms with Crippen molar-refractivity contribution in [3.8, 4) is 0 Å². The zero-order chi connectivity index (χ0) is 30.6. The lowest BCUT2D eigenvalue weighted by Gasteiger charge is -2.24. The van der Waals surface area contributed by atoms with E-state index in [4.69, 9.17) is 0 Å². The van der Waals surface area contributed by atoms with Gasteiger partial charge in [-0.15, -0.1) is 0 Å². The van der Waals surface area contributed by atoms with Crippen LogP contribution < -0.4 is 20.9 Å². The fourth-order valence-corrected chi connectivity index (χ4v) is 3.43. The fourth-order valence-electron chi connectivity index (χ4n) is 3.43. The minimum Gasteiger partial charge on any atom is -0.336 e. The third-order valence-electron chi connectivity index (χ3n) is 5.31. The number of carbonyl (C=O) groups is 2. The number of anilines is 3. The molecule has 0 saturated heterocycles. The van der Waals surface area contributed by atoms with Crippen molar-refractivity contribution in [1.82, 2.24) is 5.32 Å². The van der Waals surface area contributed by atoms with Crippen molar-refractivity contribution in [2.45, 2.75) is 18.5 Å². The first-order valence-electron chi connectivity index (χ1n) is 11.3. The Balaban J connectivity index is 1.79. The average molecular weight is 596 g/mol. The summed E-state index contributed by atoms with van der Waals surface area (Å²) in [7, 11) is 0. The van der Waals surface area contributed by atoms with Crippen molar-refractivity contribution >= 4 is 29.1 Å². The summed E-state index contributed by atoms with van der Waals surface area (Å²) < 4.78 is 132. The topological polar surface area (TPSA) is 73.5 Å². The van der Waals surface area contributed by atoms with E-state index in [1.165, 1.54) is 18.2 Å². The molecular formula is C25H18F10N4O2. The minimum atomic E-state index is -5.16. The second kappa shape index (κ2) is 11.9. The molecule has 0 atom stereocenters. The van der Waals surface area contributed by atoms with Gasteiger partial charge in [0.1, 0.15) is 5.82 Å². The van der Waals surface area contributed by atoms with Crippen molar-refractivity contribution in [3.63, 3.8) is 0 Å². The molecule has 0 aliphatic heterocycles.